The number of rotatable bonds is 1. The molecule has 16 heavy (non-hydrogen) atoms. The third kappa shape index (κ3) is 1.86. The Morgan fingerprint density at radius 3 is 2.56 bits per heavy atom. The Bertz CT molecular complexity index is 462. The summed E-state index contributed by atoms with van der Waals surface area (Å²) < 4.78 is 25.6. The molecule has 1 aromatic rings. The number of hydrogen-bond donors (Lipinski definition) is 1. The second-order valence-electron chi connectivity index (χ2n) is 3.35. The molecule has 3 amide bonds. The molecule has 84 valence electrons. The van der Waals surface area contributed by atoms with Crippen molar-refractivity contribution in [2.45, 2.75) is 6.42 Å². The lowest BCUT2D eigenvalue weighted by Crippen LogP contribution is -2.49. The lowest BCUT2D eigenvalue weighted by Gasteiger charge is -2.26. The summed E-state index contributed by atoms with van der Waals surface area (Å²) in [6.07, 6.45) is 0.144. The van der Waals surface area contributed by atoms with Crippen molar-refractivity contribution in [1.82, 2.24) is 5.32 Å². The van der Waals surface area contributed by atoms with Crippen LogP contribution in [0.3, 0.4) is 0 Å². The lowest BCUT2D eigenvalue weighted by atomic mass is 10.2. The van der Waals surface area contributed by atoms with Crippen molar-refractivity contribution < 1.29 is 18.4 Å². The minimum atomic E-state index is -1.03. The first-order chi connectivity index (χ1) is 7.58. The van der Waals surface area contributed by atoms with Crippen LogP contribution in [0, 0.1) is 11.6 Å². The van der Waals surface area contributed by atoms with Crippen molar-refractivity contribution in [3.63, 3.8) is 0 Å². The van der Waals surface area contributed by atoms with E-state index in [0.29, 0.717) is 0 Å². The fraction of sp³-hybridized carbons (Fsp3) is 0.200. The standard InChI is InChI=1S/C10H8F2N2O2/c11-7-2-1-6(5-8(7)12)14-4-3-9(15)13-10(14)16/h1-2,5H,3-4H2,(H,13,15,16). The van der Waals surface area contributed by atoms with Gasteiger partial charge in [-0.05, 0) is 12.1 Å². The van der Waals surface area contributed by atoms with Gasteiger partial charge >= 0.3 is 6.03 Å². The van der Waals surface area contributed by atoms with E-state index in [1.807, 2.05) is 0 Å². The minimum Gasteiger partial charge on any atom is -0.294 e. The van der Waals surface area contributed by atoms with Crippen LogP contribution in [-0.4, -0.2) is 18.5 Å². The second kappa shape index (κ2) is 3.88. The quantitative estimate of drug-likeness (QED) is 0.787. The van der Waals surface area contributed by atoms with E-state index in [1.54, 1.807) is 0 Å². The highest BCUT2D eigenvalue weighted by atomic mass is 19.2. The molecule has 0 aromatic heterocycles. The first-order valence-electron chi connectivity index (χ1n) is 4.64. The SMILES string of the molecule is O=C1CCN(c2ccc(F)c(F)c2)C(=O)N1. The number of nitrogens with zero attached hydrogens (tertiary/aromatic N) is 1. The smallest absolute Gasteiger partial charge is 0.294 e. The van der Waals surface area contributed by atoms with E-state index in [4.69, 9.17) is 0 Å². The maximum Gasteiger partial charge on any atom is 0.328 e. The van der Waals surface area contributed by atoms with Gasteiger partial charge in [-0.2, -0.15) is 0 Å². The van der Waals surface area contributed by atoms with Crippen LogP contribution in [0.15, 0.2) is 18.2 Å². The highest BCUT2D eigenvalue weighted by Crippen LogP contribution is 2.19. The molecule has 1 aromatic carbocycles. The van der Waals surface area contributed by atoms with Crippen LogP contribution in [-0.2, 0) is 4.79 Å². The number of halogens is 2. The molecule has 0 radical (unpaired) electrons. The fourth-order valence-corrected chi connectivity index (χ4v) is 1.46. The molecule has 4 nitrogen and oxygen atoms in total. The van der Waals surface area contributed by atoms with Crippen molar-refractivity contribution >= 4 is 17.6 Å². The summed E-state index contributed by atoms with van der Waals surface area (Å²) in [5.41, 5.74) is 0.226. The number of amides is 3. The van der Waals surface area contributed by atoms with E-state index >= 15 is 0 Å². The Hall–Kier alpha value is -1.98. The fourth-order valence-electron chi connectivity index (χ4n) is 1.46. The molecule has 1 aliphatic heterocycles. The molecule has 2 rings (SSSR count). The van der Waals surface area contributed by atoms with Gasteiger partial charge in [0.1, 0.15) is 0 Å². The Balaban J connectivity index is 2.27. The zero-order valence-corrected chi connectivity index (χ0v) is 8.17. The van der Waals surface area contributed by atoms with E-state index in [-0.39, 0.29) is 24.6 Å². The highest BCUT2D eigenvalue weighted by molar-refractivity contribution is 6.05. The second-order valence-corrected chi connectivity index (χ2v) is 3.35. The summed E-state index contributed by atoms with van der Waals surface area (Å²) in [6.45, 7) is 0.162. The zero-order valence-electron chi connectivity index (χ0n) is 8.17. The molecule has 0 bridgehead atoms. The van der Waals surface area contributed by atoms with Gasteiger partial charge in [0.2, 0.25) is 5.91 Å². The third-order valence-corrected chi connectivity index (χ3v) is 2.27. The predicted molar refractivity (Wildman–Crippen MR) is 51.9 cm³/mol. The van der Waals surface area contributed by atoms with Crippen LogP contribution < -0.4 is 10.2 Å². The molecular formula is C10H8F2N2O2. The van der Waals surface area contributed by atoms with Crippen molar-refractivity contribution in [1.29, 1.82) is 0 Å². The van der Waals surface area contributed by atoms with Crippen LogP contribution >= 0.6 is 0 Å². The van der Waals surface area contributed by atoms with Gasteiger partial charge in [-0.15, -0.1) is 0 Å². The van der Waals surface area contributed by atoms with E-state index in [1.165, 1.54) is 11.0 Å². The number of hydrogen-bond acceptors (Lipinski definition) is 2. The van der Waals surface area contributed by atoms with Gasteiger partial charge in [-0.1, -0.05) is 0 Å². The summed E-state index contributed by atoms with van der Waals surface area (Å²) in [7, 11) is 0. The van der Waals surface area contributed by atoms with Gasteiger partial charge < -0.3 is 0 Å². The van der Waals surface area contributed by atoms with Gasteiger partial charge in [0.05, 0.1) is 0 Å². The average Bonchev–Trinajstić information content (AvgIpc) is 2.22. The number of carbonyl (C=O) groups is 2. The molecular weight excluding hydrogens is 218 g/mol. The number of urea groups is 1. The summed E-state index contributed by atoms with van der Waals surface area (Å²) in [5, 5.41) is 2.09. The molecule has 1 N–H and O–H groups in total. The van der Waals surface area contributed by atoms with Crippen molar-refractivity contribution in [2.24, 2.45) is 0 Å². The van der Waals surface area contributed by atoms with Crippen LogP contribution in [0.2, 0.25) is 0 Å². The molecule has 0 spiro atoms. The van der Waals surface area contributed by atoms with Crippen LogP contribution in [0.5, 0.6) is 0 Å². The Morgan fingerprint density at radius 1 is 1.19 bits per heavy atom. The minimum absolute atomic E-state index is 0.144. The predicted octanol–water partition coefficient (Wildman–Crippen LogP) is 1.41. The van der Waals surface area contributed by atoms with Crippen LogP contribution in [0.25, 0.3) is 0 Å². The maximum atomic E-state index is 12.9. The van der Waals surface area contributed by atoms with Gasteiger partial charge in [0.25, 0.3) is 0 Å². The van der Waals surface area contributed by atoms with E-state index < -0.39 is 17.7 Å². The number of anilines is 1. The van der Waals surface area contributed by atoms with Crippen LogP contribution in [0.4, 0.5) is 19.3 Å². The number of carbonyl (C=O) groups excluding carboxylic acids is 2. The summed E-state index contributed by atoms with van der Waals surface area (Å²) in [5.74, 6) is -2.37. The third-order valence-electron chi connectivity index (χ3n) is 2.27. The lowest BCUT2D eigenvalue weighted by molar-refractivity contribution is -0.120. The normalized spacial score (nSPS) is 16.2. The molecule has 0 saturated carbocycles. The number of benzene rings is 1. The van der Waals surface area contributed by atoms with Crippen LogP contribution in [0.1, 0.15) is 6.42 Å². The maximum absolute atomic E-state index is 12.9. The van der Waals surface area contributed by atoms with Gasteiger partial charge in [-0.3, -0.25) is 15.0 Å². The summed E-state index contributed by atoms with van der Waals surface area (Å²) >= 11 is 0. The van der Waals surface area contributed by atoms with Crippen molar-refractivity contribution in [3.8, 4) is 0 Å². The zero-order chi connectivity index (χ0) is 11.7. The molecule has 1 saturated heterocycles. The van der Waals surface area contributed by atoms with Crippen molar-refractivity contribution in [2.75, 3.05) is 11.4 Å². The van der Waals surface area contributed by atoms with Crippen molar-refractivity contribution in [3.05, 3.63) is 29.8 Å². The molecule has 0 unspecified atom stereocenters. The average molecular weight is 226 g/mol. The largest absolute Gasteiger partial charge is 0.328 e. The first-order valence-corrected chi connectivity index (χ1v) is 4.64. The Morgan fingerprint density at radius 2 is 1.94 bits per heavy atom. The Labute approximate surface area is 89.8 Å². The van der Waals surface area contributed by atoms with Gasteiger partial charge in [0.15, 0.2) is 11.6 Å². The molecule has 1 fully saturated rings. The summed E-state index contributed by atoms with van der Waals surface area (Å²) in [4.78, 5) is 23.4. The molecule has 0 atom stereocenters. The molecule has 1 aliphatic rings. The monoisotopic (exact) mass is 226 g/mol. The van der Waals surface area contributed by atoms with E-state index in [2.05, 4.69) is 5.32 Å². The van der Waals surface area contributed by atoms with E-state index in [9.17, 15) is 18.4 Å². The van der Waals surface area contributed by atoms with Gasteiger partial charge in [0, 0.05) is 24.7 Å². The Kier molecular flexibility index (Phi) is 2.55. The highest BCUT2D eigenvalue weighted by Gasteiger charge is 2.24. The topological polar surface area (TPSA) is 49.4 Å². The number of imide groups is 1. The molecule has 0 aliphatic carbocycles. The molecule has 1 heterocycles. The van der Waals surface area contributed by atoms with E-state index in [0.717, 1.165) is 12.1 Å². The van der Waals surface area contributed by atoms with Gasteiger partial charge in [-0.25, -0.2) is 13.6 Å². The molecule has 6 heteroatoms. The number of nitrogens with one attached hydrogen (secondary N) is 1. The summed E-state index contributed by atoms with van der Waals surface area (Å²) in [6, 6.07) is 2.52. The first kappa shape index (κ1) is 10.5.